The van der Waals surface area contributed by atoms with Crippen molar-refractivity contribution in [2.45, 2.75) is 6.92 Å². The van der Waals surface area contributed by atoms with Gasteiger partial charge in [-0.05, 0) is 18.6 Å². The number of hydrogen-bond donors (Lipinski definition) is 2. The Bertz CT molecular complexity index is 857. The molecule has 0 bridgehead atoms. The molecule has 0 fully saturated rings. The van der Waals surface area contributed by atoms with E-state index in [1.807, 2.05) is 49.4 Å². The van der Waals surface area contributed by atoms with E-state index in [1.54, 1.807) is 6.07 Å². The van der Waals surface area contributed by atoms with Crippen LogP contribution in [-0.2, 0) is 0 Å². The fourth-order valence-electron chi connectivity index (χ4n) is 2.49. The number of carboxylic acid groups (broad SMARTS) is 1. The predicted octanol–water partition coefficient (Wildman–Crippen LogP) is 3.49. The van der Waals surface area contributed by atoms with Crippen LogP contribution in [0, 0.1) is 6.92 Å². The highest BCUT2D eigenvalue weighted by atomic mass is 16.4. The van der Waals surface area contributed by atoms with Crippen LogP contribution in [0.3, 0.4) is 0 Å². The molecule has 21 heavy (non-hydrogen) atoms. The number of hydrogen-bond acceptors (Lipinski definition) is 3. The van der Waals surface area contributed by atoms with Crippen LogP contribution in [-0.4, -0.2) is 16.1 Å². The predicted molar refractivity (Wildman–Crippen MR) is 83.3 cm³/mol. The zero-order chi connectivity index (χ0) is 15.0. The van der Waals surface area contributed by atoms with Crippen LogP contribution in [0.4, 0.5) is 5.69 Å². The molecule has 0 aliphatic heterocycles. The molecule has 0 atom stereocenters. The highest BCUT2D eigenvalue weighted by Crippen LogP contribution is 2.33. The smallest absolute Gasteiger partial charge is 0.340 e. The fourth-order valence-corrected chi connectivity index (χ4v) is 2.49. The van der Waals surface area contributed by atoms with Crippen LogP contribution >= 0.6 is 0 Å². The van der Waals surface area contributed by atoms with Crippen molar-refractivity contribution in [3.8, 4) is 11.3 Å². The third-order valence-corrected chi connectivity index (χ3v) is 3.55. The van der Waals surface area contributed by atoms with Crippen molar-refractivity contribution in [2.75, 3.05) is 5.73 Å². The number of nitrogens with two attached hydrogens (primary N) is 1. The number of pyridine rings is 1. The normalized spacial score (nSPS) is 10.7. The Kier molecular flexibility index (Phi) is 3.06. The van der Waals surface area contributed by atoms with Crippen LogP contribution in [0.25, 0.3) is 22.2 Å². The lowest BCUT2D eigenvalue weighted by molar-refractivity contribution is 0.0698. The number of nitrogens with zero attached hydrogens (tertiary/aromatic N) is 1. The first kappa shape index (κ1) is 13.1. The molecule has 0 spiro atoms. The van der Waals surface area contributed by atoms with Crippen molar-refractivity contribution in [1.29, 1.82) is 0 Å². The molecular formula is C17H14N2O2. The minimum atomic E-state index is -1.07. The SMILES string of the molecule is Cc1ccccc1-c1nc2ccccc2c(N)c1C(=O)O. The van der Waals surface area contributed by atoms with Gasteiger partial charge >= 0.3 is 5.97 Å². The van der Waals surface area contributed by atoms with Gasteiger partial charge in [-0.15, -0.1) is 0 Å². The summed E-state index contributed by atoms with van der Waals surface area (Å²) in [6.07, 6.45) is 0. The second kappa shape index (κ2) is 4.90. The molecule has 3 rings (SSSR count). The molecule has 0 amide bonds. The average molecular weight is 278 g/mol. The molecule has 4 nitrogen and oxygen atoms in total. The Morgan fingerprint density at radius 2 is 1.76 bits per heavy atom. The minimum absolute atomic E-state index is 0.0583. The van der Waals surface area contributed by atoms with Crippen LogP contribution in [0.5, 0.6) is 0 Å². The molecule has 0 aliphatic carbocycles. The van der Waals surface area contributed by atoms with Gasteiger partial charge in [0.25, 0.3) is 0 Å². The van der Waals surface area contributed by atoms with E-state index in [2.05, 4.69) is 4.98 Å². The van der Waals surface area contributed by atoms with Crippen molar-refractivity contribution in [3.05, 3.63) is 59.7 Å². The number of aromatic carboxylic acids is 1. The number of carboxylic acids is 1. The summed E-state index contributed by atoms with van der Waals surface area (Å²) >= 11 is 0. The average Bonchev–Trinajstić information content (AvgIpc) is 2.47. The highest BCUT2D eigenvalue weighted by Gasteiger charge is 2.20. The largest absolute Gasteiger partial charge is 0.478 e. The number of aromatic nitrogens is 1. The summed E-state index contributed by atoms with van der Waals surface area (Å²) < 4.78 is 0. The third kappa shape index (κ3) is 2.10. The Labute approximate surface area is 121 Å². The van der Waals surface area contributed by atoms with E-state index >= 15 is 0 Å². The summed E-state index contributed by atoms with van der Waals surface area (Å²) in [5.74, 6) is -1.07. The zero-order valence-electron chi connectivity index (χ0n) is 11.5. The van der Waals surface area contributed by atoms with Gasteiger partial charge in [0.2, 0.25) is 0 Å². The number of anilines is 1. The number of fused-ring (bicyclic) bond motifs is 1. The molecule has 0 saturated carbocycles. The van der Waals surface area contributed by atoms with Crippen molar-refractivity contribution in [2.24, 2.45) is 0 Å². The number of rotatable bonds is 2. The van der Waals surface area contributed by atoms with Crippen LogP contribution in [0.15, 0.2) is 48.5 Å². The number of carbonyl (C=O) groups is 1. The Balaban J connectivity index is 2.44. The summed E-state index contributed by atoms with van der Waals surface area (Å²) in [6.45, 7) is 1.92. The number of aryl methyl sites for hydroxylation is 1. The van der Waals surface area contributed by atoms with Gasteiger partial charge in [-0.25, -0.2) is 9.78 Å². The van der Waals surface area contributed by atoms with Crippen molar-refractivity contribution in [1.82, 2.24) is 4.98 Å². The molecule has 0 saturated heterocycles. The number of nitrogen functional groups attached to an aromatic ring is 1. The first-order chi connectivity index (χ1) is 10.1. The number of para-hydroxylation sites is 1. The fraction of sp³-hybridized carbons (Fsp3) is 0.0588. The van der Waals surface area contributed by atoms with Gasteiger partial charge in [0.15, 0.2) is 0 Å². The highest BCUT2D eigenvalue weighted by molar-refractivity contribution is 6.08. The van der Waals surface area contributed by atoms with Crippen LogP contribution in [0.1, 0.15) is 15.9 Å². The minimum Gasteiger partial charge on any atom is -0.478 e. The maximum atomic E-state index is 11.7. The number of benzene rings is 2. The van der Waals surface area contributed by atoms with E-state index in [9.17, 15) is 9.90 Å². The molecule has 3 N–H and O–H groups in total. The second-order valence-electron chi connectivity index (χ2n) is 4.89. The molecule has 0 radical (unpaired) electrons. The van der Waals surface area contributed by atoms with E-state index in [0.29, 0.717) is 16.6 Å². The Hall–Kier alpha value is -2.88. The van der Waals surface area contributed by atoms with Gasteiger partial charge in [0.1, 0.15) is 5.56 Å². The lowest BCUT2D eigenvalue weighted by Crippen LogP contribution is -2.08. The molecular weight excluding hydrogens is 264 g/mol. The molecule has 3 aromatic rings. The zero-order valence-corrected chi connectivity index (χ0v) is 11.5. The summed E-state index contributed by atoms with van der Waals surface area (Å²) in [4.78, 5) is 16.2. The topological polar surface area (TPSA) is 76.2 Å². The summed E-state index contributed by atoms with van der Waals surface area (Å²) in [5.41, 5.74) is 9.25. The summed E-state index contributed by atoms with van der Waals surface area (Å²) in [6, 6.07) is 14.8. The maximum absolute atomic E-state index is 11.7. The van der Waals surface area contributed by atoms with Gasteiger partial charge in [-0.2, -0.15) is 0 Å². The Morgan fingerprint density at radius 3 is 2.48 bits per heavy atom. The molecule has 1 aromatic heterocycles. The Morgan fingerprint density at radius 1 is 1.10 bits per heavy atom. The van der Waals surface area contributed by atoms with Gasteiger partial charge in [-0.1, -0.05) is 42.5 Å². The van der Waals surface area contributed by atoms with E-state index in [-0.39, 0.29) is 11.3 Å². The van der Waals surface area contributed by atoms with Gasteiger partial charge < -0.3 is 10.8 Å². The van der Waals surface area contributed by atoms with E-state index in [0.717, 1.165) is 11.1 Å². The van der Waals surface area contributed by atoms with Crippen LogP contribution < -0.4 is 5.73 Å². The summed E-state index contributed by atoms with van der Waals surface area (Å²) in [5, 5.41) is 10.2. The molecule has 104 valence electrons. The summed E-state index contributed by atoms with van der Waals surface area (Å²) in [7, 11) is 0. The molecule has 0 unspecified atom stereocenters. The van der Waals surface area contributed by atoms with E-state index < -0.39 is 5.97 Å². The van der Waals surface area contributed by atoms with Gasteiger partial charge in [0.05, 0.1) is 16.9 Å². The maximum Gasteiger partial charge on any atom is 0.340 e. The van der Waals surface area contributed by atoms with Crippen LogP contribution in [0.2, 0.25) is 0 Å². The van der Waals surface area contributed by atoms with Gasteiger partial charge in [0, 0.05) is 10.9 Å². The van der Waals surface area contributed by atoms with Gasteiger partial charge in [-0.3, -0.25) is 0 Å². The molecule has 0 aliphatic rings. The third-order valence-electron chi connectivity index (χ3n) is 3.55. The lowest BCUT2D eigenvalue weighted by atomic mass is 9.98. The second-order valence-corrected chi connectivity index (χ2v) is 4.89. The first-order valence-corrected chi connectivity index (χ1v) is 6.57. The monoisotopic (exact) mass is 278 g/mol. The van der Waals surface area contributed by atoms with E-state index in [1.165, 1.54) is 0 Å². The van der Waals surface area contributed by atoms with Crippen molar-refractivity contribution >= 4 is 22.6 Å². The molecule has 2 aromatic carbocycles. The van der Waals surface area contributed by atoms with Crippen molar-refractivity contribution in [3.63, 3.8) is 0 Å². The first-order valence-electron chi connectivity index (χ1n) is 6.57. The van der Waals surface area contributed by atoms with E-state index in [4.69, 9.17) is 5.73 Å². The quantitative estimate of drug-likeness (QED) is 0.752. The molecule has 1 heterocycles. The van der Waals surface area contributed by atoms with Crippen molar-refractivity contribution < 1.29 is 9.90 Å². The lowest BCUT2D eigenvalue weighted by Gasteiger charge is -2.13. The molecule has 4 heteroatoms. The standard InChI is InChI=1S/C17H14N2O2/c1-10-6-2-3-7-11(10)16-14(17(20)21)15(18)12-8-4-5-9-13(12)19-16/h2-9H,1H3,(H2,18,19)(H,20,21).